The monoisotopic (exact) mass is 405 g/mol. The van der Waals surface area contributed by atoms with Gasteiger partial charge in [-0.3, -0.25) is 0 Å². The van der Waals surface area contributed by atoms with Gasteiger partial charge < -0.3 is 22.1 Å². The molecule has 1 atom stereocenters. The molecule has 2 aromatic rings. The van der Waals surface area contributed by atoms with Crippen LogP contribution in [0.4, 0.5) is 17.5 Å². The highest BCUT2D eigenvalue weighted by molar-refractivity contribution is 7.99. The van der Waals surface area contributed by atoms with Crippen LogP contribution in [0.1, 0.15) is 32.1 Å². The molecule has 2 aliphatic rings. The summed E-state index contributed by atoms with van der Waals surface area (Å²) in [6.45, 7) is 1.89. The van der Waals surface area contributed by atoms with Crippen molar-refractivity contribution in [2.75, 3.05) is 29.5 Å². The zero-order chi connectivity index (χ0) is 19.0. The first-order chi connectivity index (χ1) is 13.0. The predicted octanol–water partition coefficient (Wildman–Crippen LogP) is 2.94. The summed E-state index contributed by atoms with van der Waals surface area (Å²) >= 11 is 7.54. The largest absolute Gasteiger partial charge is 0.382 e. The average molecular weight is 406 g/mol. The molecule has 1 aliphatic heterocycles. The standard InChI is InChI=1S/C18H24ClN7S/c19-14-11(3-7-23-15(14)21)27-17-16(22)25-13(10-24-17)26-8-5-18(6-9-26)4-1-2-12(18)20/h3,7,10,12H,1-2,4-6,8-9,20H2,(H2,21,23)(H2,22,25). The van der Waals surface area contributed by atoms with Crippen molar-refractivity contribution in [3.8, 4) is 0 Å². The summed E-state index contributed by atoms with van der Waals surface area (Å²) in [6, 6.07) is 2.12. The van der Waals surface area contributed by atoms with E-state index < -0.39 is 0 Å². The van der Waals surface area contributed by atoms with Gasteiger partial charge in [0.15, 0.2) is 5.82 Å². The fourth-order valence-corrected chi connectivity index (χ4v) is 5.22. The molecule has 0 amide bonds. The van der Waals surface area contributed by atoms with E-state index in [0.717, 1.165) is 43.1 Å². The van der Waals surface area contributed by atoms with E-state index in [1.807, 2.05) is 0 Å². The molecule has 0 radical (unpaired) electrons. The van der Waals surface area contributed by atoms with Crippen LogP contribution in [0.3, 0.4) is 0 Å². The molecule has 2 fully saturated rings. The molecule has 144 valence electrons. The van der Waals surface area contributed by atoms with Gasteiger partial charge in [0.2, 0.25) is 0 Å². The molecule has 1 aliphatic carbocycles. The quantitative estimate of drug-likeness (QED) is 0.712. The van der Waals surface area contributed by atoms with E-state index in [1.165, 1.54) is 24.6 Å². The minimum Gasteiger partial charge on any atom is -0.382 e. The van der Waals surface area contributed by atoms with Crippen molar-refractivity contribution in [3.05, 3.63) is 23.5 Å². The summed E-state index contributed by atoms with van der Waals surface area (Å²) < 4.78 is 0. The van der Waals surface area contributed by atoms with Crippen LogP contribution in [0, 0.1) is 5.41 Å². The van der Waals surface area contributed by atoms with Crippen LogP contribution in [0.5, 0.6) is 0 Å². The van der Waals surface area contributed by atoms with Gasteiger partial charge in [0.25, 0.3) is 0 Å². The van der Waals surface area contributed by atoms with E-state index in [9.17, 15) is 0 Å². The molecule has 4 rings (SSSR count). The molecule has 2 aromatic heterocycles. The number of pyridine rings is 1. The topological polar surface area (TPSA) is 120 Å². The van der Waals surface area contributed by atoms with Crippen LogP contribution in [0.25, 0.3) is 0 Å². The first kappa shape index (κ1) is 18.6. The Kier molecular flexibility index (Phi) is 5.05. The number of hydrogen-bond donors (Lipinski definition) is 3. The fraction of sp³-hybridized carbons (Fsp3) is 0.500. The van der Waals surface area contributed by atoms with Gasteiger partial charge in [-0.2, -0.15) is 0 Å². The molecule has 1 spiro atoms. The van der Waals surface area contributed by atoms with Crippen LogP contribution in [0.2, 0.25) is 5.02 Å². The lowest BCUT2D eigenvalue weighted by Gasteiger charge is -2.42. The second-order valence-electron chi connectivity index (χ2n) is 7.38. The lowest BCUT2D eigenvalue weighted by atomic mass is 9.74. The van der Waals surface area contributed by atoms with Crippen molar-refractivity contribution in [2.24, 2.45) is 11.1 Å². The summed E-state index contributed by atoms with van der Waals surface area (Å²) in [4.78, 5) is 16.1. The lowest BCUT2D eigenvalue weighted by Crippen LogP contribution is -2.47. The maximum absolute atomic E-state index is 6.38. The Morgan fingerprint density at radius 1 is 1.15 bits per heavy atom. The first-order valence-electron chi connectivity index (χ1n) is 9.19. The Hall–Kier alpha value is -1.77. The number of hydrogen-bond acceptors (Lipinski definition) is 8. The van der Waals surface area contributed by atoms with Crippen molar-refractivity contribution < 1.29 is 0 Å². The molecule has 3 heterocycles. The fourth-order valence-electron chi connectivity index (χ4n) is 4.21. The van der Waals surface area contributed by atoms with Crippen molar-refractivity contribution in [1.29, 1.82) is 0 Å². The van der Waals surface area contributed by atoms with Gasteiger partial charge in [-0.15, -0.1) is 0 Å². The second kappa shape index (κ2) is 7.33. The number of halogens is 1. The number of anilines is 3. The van der Waals surface area contributed by atoms with Gasteiger partial charge in [-0.1, -0.05) is 29.8 Å². The smallest absolute Gasteiger partial charge is 0.158 e. The molecule has 27 heavy (non-hydrogen) atoms. The summed E-state index contributed by atoms with van der Waals surface area (Å²) in [7, 11) is 0. The Balaban J connectivity index is 1.47. The zero-order valence-electron chi connectivity index (χ0n) is 15.1. The normalized spacial score (nSPS) is 21.7. The van der Waals surface area contributed by atoms with Gasteiger partial charge in [0.05, 0.1) is 11.2 Å². The third-order valence-corrected chi connectivity index (χ3v) is 7.48. The Morgan fingerprint density at radius 3 is 2.59 bits per heavy atom. The lowest BCUT2D eigenvalue weighted by molar-refractivity contribution is 0.197. The number of nitrogen functional groups attached to an aromatic ring is 2. The van der Waals surface area contributed by atoms with Gasteiger partial charge in [0.1, 0.15) is 16.7 Å². The van der Waals surface area contributed by atoms with Crippen LogP contribution < -0.4 is 22.1 Å². The molecule has 1 unspecified atom stereocenters. The molecule has 9 heteroatoms. The minimum atomic E-state index is 0.289. The van der Waals surface area contributed by atoms with Crippen molar-refractivity contribution >= 4 is 40.8 Å². The van der Waals surface area contributed by atoms with E-state index in [0.29, 0.717) is 27.3 Å². The summed E-state index contributed by atoms with van der Waals surface area (Å²) in [5, 5.41) is 1.01. The summed E-state index contributed by atoms with van der Waals surface area (Å²) in [5.74, 6) is 1.50. The van der Waals surface area contributed by atoms with Crippen molar-refractivity contribution in [2.45, 2.75) is 48.1 Å². The van der Waals surface area contributed by atoms with E-state index in [-0.39, 0.29) is 5.82 Å². The van der Waals surface area contributed by atoms with E-state index in [4.69, 9.17) is 28.8 Å². The molecular formula is C18H24ClN7S. The number of rotatable bonds is 3. The van der Waals surface area contributed by atoms with Gasteiger partial charge in [-0.05, 0) is 37.2 Å². The molecule has 6 N–H and O–H groups in total. The molecular weight excluding hydrogens is 382 g/mol. The maximum atomic E-state index is 6.38. The highest BCUT2D eigenvalue weighted by Gasteiger charge is 2.43. The summed E-state index contributed by atoms with van der Waals surface area (Å²) in [6.07, 6.45) is 9.27. The van der Waals surface area contributed by atoms with Gasteiger partial charge in [-0.25, -0.2) is 15.0 Å². The molecule has 1 saturated heterocycles. The maximum Gasteiger partial charge on any atom is 0.158 e. The Morgan fingerprint density at radius 2 is 1.93 bits per heavy atom. The number of piperidine rings is 1. The average Bonchev–Trinajstić information content (AvgIpc) is 3.01. The van der Waals surface area contributed by atoms with Crippen molar-refractivity contribution in [1.82, 2.24) is 15.0 Å². The Labute approximate surface area is 168 Å². The number of nitrogens with two attached hydrogens (primary N) is 3. The van der Waals surface area contributed by atoms with E-state index >= 15 is 0 Å². The highest BCUT2D eigenvalue weighted by atomic mass is 35.5. The first-order valence-corrected chi connectivity index (χ1v) is 10.4. The zero-order valence-corrected chi connectivity index (χ0v) is 16.6. The third-order valence-electron chi connectivity index (χ3n) is 5.90. The summed E-state index contributed by atoms with van der Waals surface area (Å²) in [5.41, 5.74) is 18.6. The van der Waals surface area contributed by atoms with E-state index in [1.54, 1.807) is 18.5 Å². The highest BCUT2D eigenvalue weighted by Crippen LogP contribution is 2.46. The molecule has 1 saturated carbocycles. The van der Waals surface area contributed by atoms with Crippen LogP contribution in [0.15, 0.2) is 28.4 Å². The molecule has 0 bridgehead atoms. The van der Waals surface area contributed by atoms with Crippen LogP contribution >= 0.6 is 23.4 Å². The molecule has 0 aromatic carbocycles. The molecule has 7 nitrogen and oxygen atoms in total. The van der Waals surface area contributed by atoms with Gasteiger partial charge in [0, 0.05) is 30.2 Å². The Bertz CT molecular complexity index is 838. The predicted molar refractivity (Wildman–Crippen MR) is 110 cm³/mol. The number of aromatic nitrogens is 3. The number of nitrogens with zero attached hydrogens (tertiary/aromatic N) is 4. The van der Waals surface area contributed by atoms with Crippen LogP contribution in [-0.2, 0) is 0 Å². The minimum absolute atomic E-state index is 0.289. The third kappa shape index (κ3) is 3.53. The van der Waals surface area contributed by atoms with Gasteiger partial charge >= 0.3 is 0 Å². The SMILES string of the molecule is Nc1nc(N2CCC3(CCCC3N)CC2)cnc1Sc1ccnc(N)c1Cl. The van der Waals surface area contributed by atoms with Crippen LogP contribution in [-0.4, -0.2) is 34.1 Å². The van der Waals surface area contributed by atoms with E-state index in [2.05, 4.69) is 19.9 Å². The second-order valence-corrected chi connectivity index (χ2v) is 8.79. The van der Waals surface area contributed by atoms with Crippen molar-refractivity contribution in [3.63, 3.8) is 0 Å².